The van der Waals surface area contributed by atoms with Crippen LogP contribution in [0.3, 0.4) is 0 Å². The van der Waals surface area contributed by atoms with Gasteiger partial charge in [-0.05, 0) is 43.0 Å². The molecule has 0 bridgehead atoms. The first kappa shape index (κ1) is 12.2. The number of rotatable bonds is 5. The van der Waals surface area contributed by atoms with Gasteiger partial charge in [0.15, 0.2) is 0 Å². The van der Waals surface area contributed by atoms with E-state index in [1.165, 1.54) is 36.2 Å². The molecule has 0 radical (unpaired) electrons. The van der Waals surface area contributed by atoms with Gasteiger partial charge in [-0.1, -0.05) is 18.2 Å². The van der Waals surface area contributed by atoms with Crippen LogP contribution in [0.4, 0.5) is 5.69 Å². The van der Waals surface area contributed by atoms with Crippen LogP contribution < -0.4 is 10.2 Å². The predicted octanol–water partition coefficient (Wildman–Crippen LogP) is 2.73. The van der Waals surface area contributed by atoms with Crippen LogP contribution in [0.15, 0.2) is 30.9 Å². The molecule has 0 aromatic heterocycles. The summed E-state index contributed by atoms with van der Waals surface area (Å²) in [6, 6.07) is 6.85. The second-order valence-electron chi connectivity index (χ2n) is 4.74. The second-order valence-corrected chi connectivity index (χ2v) is 4.74. The number of hydrogen-bond donors (Lipinski definition) is 1. The number of nitrogens with one attached hydrogen (secondary N) is 1. The largest absolute Gasteiger partial charge is 0.374 e. The molecule has 0 saturated heterocycles. The lowest BCUT2D eigenvalue weighted by Crippen LogP contribution is -2.25. The second kappa shape index (κ2) is 5.87. The lowest BCUT2D eigenvalue weighted by Gasteiger charge is -2.27. The normalized spacial score (nSPS) is 14.5. The Morgan fingerprint density at radius 2 is 2.35 bits per heavy atom. The first-order valence-corrected chi connectivity index (χ1v) is 6.46. The molecule has 0 unspecified atom stereocenters. The quantitative estimate of drug-likeness (QED) is 0.618. The van der Waals surface area contributed by atoms with Crippen LogP contribution in [-0.2, 0) is 13.0 Å². The zero-order valence-corrected chi connectivity index (χ0v) is 10.7. The molecule has 2 rings (SSSR count). The third-order valence-electron chi connectivity index (χ3n) is 3.35. The molecule has 0 saturated carbocycles. The predicted molar refractivity (Wildman–Crippen MR) is 74.6 cm³/mol. The molecular weight excluding hydrogens is 208 g/mol. The summed E-state index contributed by atoms with van der Waals surface area (Å²) in [4.78, 5) is 2.35. The van der Waals surface area contributed by atoms with Crippen molar-refractivity contribution in [2.45, 2.75) is 25.8 Å². The molecule has 92 valence electrons. The van der Waals surface area contributed by atoms with Gasteiger partial charge in [0.25, 0.3) is 0 Å². The van der Waals surface area contributed by atoms with Gasteiger partial charge >= 0.3 is 0 Å². The SMILES string of the molecule is C=CCCNCc1ccc2c(c1)CCCN2C. The van der Waals surface area contributed by atoms with Gasteiger partial charge in [-0.15, -0.1) is 6.58 Å². The summed E-state index contributed by atoms with van der Waals surface area (Å²) in [5.74, 6) is 0. The molecule has 2 heteroatoms. The van der Waals surface area contributed by atoms with Crippen molar-refractivity contribution < 1.29 is 0 Å². The highest BCUT2D eigenvalue weighted by molar-refractivity contribution is 5.56. The van der Waals surface area contributed by atoms with E-state index >= 15 is 0 Å². The Labute approximate surface area is 104 Å². The number of aryl methyl sites for hydroxylation is 1. The fraction of sp³-hybridized carbons (Fsp3) is 0.467. The Hall–Kier alpha value is -1.28. The average molecular weight is 230 g/mol. The minimum atomic E-state index is 0.963. The van der Waals surface area contributed by atoms with E-state index in [9.17, 15) is 0 Å². The Morgan fingerprint density at radius 3 is 3.18 bits per heavy atom. The summed E-state index contributed by atoms with van der Waals surface area (Å²) in [7, 11) is 2.18. The molecule has 0 spiro atoms. The van der Waals surface area contributed by atoms with Crippen molar-refractivity contribution in [3.63, 3.8) is 0 Å². The van der Waals surface area contributed by atoms with Crippen LogP contribution in [0.1, 0.15) is 24.0 Å². The van der Waals surface area contributed by atoms with E-state index in [0.29, 0.717) is 0 Å². The molecule has 0 aliphatic carbocycles. The van der Waals surface area contributed by atoms with Gasteiger partial charge in [0.05, 0.1) is 0 Å². The lowest BCUT2D eigenvalue weighted by molar-refractivity contribution is 0.691. The zero-order valence-electron chi connectivity index (χ0n) is 10.7. The summed E-state index contributed by atoms with van der Waals surface area (Å²) in [6.07, 6.45) is 5.49. The fourth-order valence-electron chi connectivity index (χ4n) is 2.39. The minimum absolute atomic E-state index is 0.963. The molecule has 2 nitrogen and oxygen atoms in total. The van der Waals surface area contributed by atoms with Gasteiger partial charge in [-0.25, -0.2) is 0 Å². The molecule has 1 heterocycles. The lowest BCUT2D eigenvalue weighted by atomic mass is 9.99. The summed E-state index contributed by atoms with van der Waals surface area (Å²) in [5.41, 5.74) is 4.30. The molecule has 0 fully saturated rings. The molecule has 1 N–H and O–H groups in total. The van der Waals surface area contributed by atoms with Gasteiger partial charge in [-0.3, -0.25) is 0 Å². The minimum Gasteiger partial charge on any atom is -0.374 e. The van der Waals surface area contributed by atoms with Gasteiger partial charge in [-0.2, -0.15) is 0 Å². The first-order valence-electron chi connectivity index (χ1n) is 6.46. The molecule has 1 aromatic carbocycles. The highest BCUT2D eigenvalue weighted by Gasteiger charge is 2.13. The van der Waals surface area contributed by atoms with Gasteiger partial charge in [0.1, 0.15) is 0 Å². The van der Waals surface area contributed by atoms with Crippen LogP contribution in [-0.4, -0.2) is 20.1 Å². The third kappa shape index (κ3) is 3.10. The van der Waals surface area contributed by atoms with Crippen LogP contribution >= 0.6 is 0 Å². The molecular formula is C15H22N2. The van der Waals surface area contributed by atoms with E-state index in [0.717, 1.165) is 19.5 Å². The fourth-order valence-corrected chi connectivity index (χ4v) is 2.39. The van der Waals surface area contributed by atoms with Crippen molar-refractivity contribution >= 4 is 5.69 Å². The van der Waals surface area contributed by atoms with E-state index in [1.54, 1.807) is 0 Å². The molecule has 17 heavy (non-hydrogen) atoms. The summed E-state index contributed by atoms with van der Waals surface area (Å²) < 4.78 is 0. The van der Waals surface area contributed by atoms with Gasteiger partial charge in [0.2, 0.25) is 0 Å². The van der Waals surface area contributed by atoms with Crippen LogP contribution in [0.2, 0.25) is 0 Å². The summed E-state index contributed by atoms with van der Waals surface area (Å²) in [6.45, 7) is 6.89. The number of anilines is 1. The van der Waals surface area contributed by atoms with Crippen molar-refractivity contribution in [3.8, 4) is 0 Å². The van der Waals surface area contributed by atoms with Crippen LogP contribution in [0.5, 0.6) is 0 Å². The Balaban J connectivity index is 1.98. The Kier molecular flexibility index (Phi) is 4.21. The number of benzene rings is 1. The molecule has 1 aliphatic rings. The summed E-state index contributed by atoms with van der Waals surface area (Å²) in [5, 5.41) is 3.44. The maximum atomic E-state index is 3.73. The van der Waals surface area contributed by atoms with E-state index in [-0.39, 0.29) is 0 Å². The van der Waals surface area contributed by atoms with E-state index in [1.807, 2.05) is 6.08 Å². The maximum Gasteiger partial charge on any atom is 0.0396 e. The van der Waals surface area contributed by atoms with Crippen LogP contribution in [0.25, 0.3) is 0 Å². The first-order chi connectivity index (χ1) is 8.31. The van der Waals surface area contributed by atoms with Crippen LogP contribution in [0, 0.1) is 0 Å². The average Bonchev–Trinajstić information content (AvgIpc) is 2.35. The van der Waals surface area contributed by atoms with Crippen molar-refractivity contribution in [2.24, 2.45) is 0 Å². The highest BCUT2D eigenvalue weighted by atomic mass is 15.1. The third-order valence-corrected chi connectivity index (χ3v) is 3.35. The number of hydrogen-bond acceptors (Lipinski definition) is 2. The summed E-state index contributed by atoms with van der Waals surface area (Å²) >= 11 is 0. The Morgan fingerprint density at radius 1 is 1.47 bits per heavy atom. The smallest absolute Gasteiger partial charge is 0.0396 e. The van der Waals surface area contributed by atoms with Gasteiger partial charge in [0, 0.05) is 25.8 Å². The van der Waals surface area contributed by atoms with E-state index in [4.69, 9.17) is 0 Å². The zero-order chi connectivity index (χ0) is 12.1. The van der Waals surface area contributed by atoms with E-state index in [2.05, 4.69) is 42.0 Å². The standard InChI is InChI=1S/C15H22N2/c1-3-4-9-16-12-13-7-8-15-14(11-13)6-5-10-17(15)2/h3,7-8,11,16H,1,4-6,9-10,12H2,2H3. The highest BCUT2D eigenvalue weighted by Crippen LogP contribution is 2.26. The van der Waals surface area contributed by atoms with Crippen molar-refractivity contribution in [1.29, 1.82) is 0 Å². The van der Waals surface area contributed by atoms with Crippen molar-refractivity contribution in [3.05, 3.63) is 42.0 Å². The maximum absolute atomic E-state index is 3.73. The Bertz CT molecular complexity index is 385. The van der Waals surface area contributed by atoms with Crippen molar-refractivity contribution in [2.75, 3.05) is 25.0 Å². The molecule has 0 atom stereocenters. The van der Waals surface area contributed by atoms with Crippen molar-refractivity contribution in [1.82, 2.24) is 5.32 Å². The molecule has 1 aliphatic heterocycles. The number of nitrogens with zero attached hydrogens (tertiary/aromatic N) is 1. The monoisotopic (exact) mass is 230 g/mol. The molecule has 0 amide bonds. The topological polar surface area (TPSA) is 15.3 Å². The van der Waals surface area contributed by atoms with E-state index < -0.39 is 0 Å². The number of fused-ring (bicyclic) bond motifs is 1. The van der Waals surface area contributed by atoms with Gasteiger partial charge < -0.3 is 10.2 Å². The molecule has 1 aromatic rings.